The minimum Gasteiger partial charge on any atom is -0.508 e. The Bertz CT molecular complexity index is 1300. The summed E-state index contributed by atoms with van der Waals surface area (Å²) in [5, 5.41) is 22.2. The zero-order valence-corrected chi connectivity index (χ0v) is 22.5. The molecule has 1 atom stereocenters. The van der Waals surface area contributed by atoms with Gasteiger partial charge in [-0.3, -0.25) is 4.98 Å². The van der Waals surface area contributed by atoms with Gasteiger partial charge in [-0.2, -0.15) is 0 Å². The summed E-state index contributed by atoms with van der Waals surface area (Å²) in [6.07, 6.45) is 4.65. The van der Waals surface area contributed by atoms with Gasteiger partial charge >= 0.3 is 6.09 Å². The Hall–Kier alpha value is -3.39. The minimum absolute atomic E-state index is 0.183. The van der Waals surface area contributed by atoms with Crippen LogP contribution in [-0.4, -0.2) is 60.0 Å². The maximum Gasteiger partial charge on any atom is 0.409 e. The van der Waals surface area contributed by atoms with Crippen LogP contribution >= 0.6 is 11.6 Å². The average molecular weight is 536 g/mol. The number of piperidine rings is 1. The van der Waals surface area contributed by atoms with Gasteiger partial charge in [-0.1, -0.05) is 41.4 Å². The molecule has 0 radical (unpaired) electrons. The summed E-state index contributed by atoms with van der Waals surface area (Å²) < 4.78 is 4.86. The third kappa shape index (κ3) is 6.54. The number of pyridine rings is 1. The molecule has 3 N–H and O–H groups in total. The van der Waals surface area contributed by atoms with E-state index in [-0.39, 0.29) is 11.8 Å². The van der Waals surface area contributed by atoms with Crippen molar-refractivity contribution in [2.45, 2.75) is 31.8 Å². The van der Waals surface area contributed by atoms with Crippen molar-refractivity contribution in [3.63, 3.8) is 0 Å². The Labute approximate surface area is 228 Å². The van der Waals surface area contributed by atoms with Crippen molar-refractivity contribution in [3.05, 3.63) is 99.3 Å². The van der Waals surface area contributed by atoms with E-state index >= 15 is 0 Å². The summed E-state index contributed by atoms with van der Waals surface area (Å²) in [7, 11) is 3.20. The van der Waals surface area contributed by atoms with Gasteiger partial charge in [-0.15, -0.1) is 0 Å². The molecule has 1 aliphatic carbocycles. The summed E-state index contributed by atoms with van der Waals surface area (Å²) in [4.78, 5) is 18.3. The second kappa shape index (κ2) is 12.9. The fraction of sp³-hybridized carbons (Fsp3) is 0.333. The maximum absolute atomic E-state index is 11.8. The molecule has 1 amide bonds. The molecule has 2 aliphatic rings. The summed E-state index contributed by atoms with van der Waals surface area (Å²) >= 11 is 6.25. The van der Waals surface area contributed by atoms with Crippen LogP contribution in [0.3, 0.4) is 0 Å². The molecule has 3 aromatic rings. The molecular formula is C30H34ClN3O4. The van der Waals surface area contributed by atoms with Crippen LogP contribution in [0.1, 0.15) is 46.9 Å². The zero-order chi connectivity index (χ0) is 27.1. The summed E-state index contributed by atoms with van der Waals surface area (Å²) in [6.45, 7) is 1.84. The number of aromatic nitrogens is 1. The topological polar surface area (TPSA) is 94.9 Å². The highest BCUT2D eigenvalue weighted by Gasteiger charge is 2.26. The highest BCUT2D eigenvalue weighted by atomic mass is 35.5. The number of nitrogens with one attached hydrogen (secondary N) is 1. The number of likely N-dealkylation sites (tertiary alicyclic amines) is 1. The number of aliphatic hydroxyl groups excluding tert-OH is 1. The van der Waals surface area contributed by atoms with Gasteiger partial charge in [-0.05, 0) is 85.3 Å². The van der Waals surface area contributed by atoms with Gasteiger partial charge < -0.3 is 25.2 Å². The van der Waals surface area contributed by atoms with Gasteiger partial charge in [0, 0.05) is 36.4 Å². The van der Waals surface area contributed by atoms with Crippen molar-refractivity contribution in [1.82, 2.24) is 15.2 Å². The number of phenols is 1. The third-order valence-electron chi connectivity index (χ3n) is 6.93. The SMILES string of the molecule is CNC[C@H](O)c1cccc(O)c1.COC(=O)N1CCC(=C2c3ccc(Cl)cc3CCc3cccnc32)CC1. The molecule has 8 heteroatoms. The first-order valence-electron chi connectivity index (χ1n) is 12.8. The molecule has 0 spiro atoms. The highest BCUT2D eigenvalue weighted by Crippen LogP contribution is 2.38. The van der Waals surface area contributed by atoms with Crippen LogP contribution in [-0.2, 0) is 17.6 Å². The molecule has 38 heavy (non-hydrogen) atoms. The molecule has 2 aromatic carbocycles. The molecule has 0 bridgehead atoms. The predicted molar refractivity (Wildman–Crippen MR) is 149 cm³/mol. The Morgan fingerprint density at radius 1 is 1.08 bits per heavy atom. The second-order valence-corrected chi connectivity index (χ2v) is 9.85. The monoisotopic (exact) mass is 535 g/mol. The highest BCUT2D eigenvalue weighted by molar-refractivity contribution is 6.30. The van der Waals surface area contributed by atoms with Crippen molar-refractivity contribution in [1.29, 1.82) is 0 Å². The first-order chi connectivity index (χ1) is 18.4. The van der Waals surface area contributed by atoms with Crippen LogP contribution in [0.25, 0.3) is 5.57 Å². The molecule has 0 unspecified atom stereocenters. The first kappa shape index (κ1) is 27.6. The van der Waals surface area contributed by atoms with Crippen molar-refractivity contribution in [3.8, 4) is 5.75 Å². The van der Waals surface area contributed by atoms with E-state index in [0.29, 0.717) is 19.6 Å². The molecule has 7 nitrogen and oxygen atoms in total. The molecule has 1 aliphatic heterocycles. The van der Waals surface area contributed by atoms with Gasteiger partial charge in [0.25, 0.3) is 0 Å². The number of carbonyl (C=O) groups excluding carboxylic acids is 1. The Kier molecular flexibility index (Phi) is 9.39. The van der Waals surface area contributed by atoms with Crippen molar-refractivity contribution < 1.29 is 19.7 Å². The normalized spacial score (nSPS) is 15.4. The molecule has 200 valence electrons. The average Bonchev–Trinajstić information content (AvgIpc) is 3.10. The van der Waals surface area contributed by atoms with Crippen LogP contribution < -0.4 is 5.32 Å². The van der Waals surface area contributed by atoms with E-state index in [1.807, 2.05) is 18.3 Å². The molecule has 1 fully saturated rings. The summed E-state index contributed by atoms with van der Waals surface area (Å²) in [6, 6.07) is 17.0. The first-order valence-corrected chi connectivity index (χ1v) is 13.2. The number of benzene rings is 2. The van der Waals surface area contributed by atoms with Crippen LogP contribution in [0.15, 0.2) is 66.4 Å². The molecule has 1 saturated heterocycles. The van der Waals surface area contributed by atoms with Crippen LogP contribution in [0, 0.1) is 0 Å². The van der Waals surface area contributed by atoms with Crippen molar-refractivity contribution >= 4 is 23.3 Å². The zero-order valence-electron chi connectivity index (χ0n) is 21.8. The Balaban J connectivity index is 0.000000236. The molecular weight excluding hydrogens is 502 g/mol. The van der Waals surface area contributed by atoms with E-state index < -0.39 is 6.10 Å². The van der Waals surface area contributed by atoms with Crippen LogP contribution in [0.5, 0.6) is 5.75 Å². The lowest BCUT2D eigenvalue weighted by atomic mass is 9.88. The largest absolute Gasteiger partial charge is 0.508 e. The predicted octanol–water partition coefficient (Wildman–Crippen LogP) is 5.14. The lowest BCUT2D eigenvalue weighted by Gasteiger charge is -2.29. The van der Waals surface area contributed by atoms with Gasteiger partial charge in [0.2, 0.25) is 0 Å². The summed E-state index contributed by atoms with van der Waals surface area (Å²) in [5.74, 6) is 0.183. The number of hydrogen-bond acceptors (Lipinski definition) is 6. The number of likely N-dealkylation sites (N-methyl/N-ethyl adjacent to an activating group) is 1. The standard InChI is InChI=1S/C21H21ClN2O2.C9H13NO2/c1-26-21(25)24-11-8-14(9-12-24)19-18-7-6-17(22)13-16(18)5-4-15-3-2-10-23-20(15)19;1-10-6-9(12)7-3-2-4-8(11)5-7/h2-3,6-7,10,13H,4-5,8-9,11-12H2,1H3;2-5,9-12H,6H2,1H3/t;9-/m.0/s1. The minimum atomic E-state index is -0.554. The number of rotatable bonds is 3. The van der Waals surface area contributed by atoms with Crippen molar-refractivity contribution in [2.75, 3.05) is 33.8 Å². The molecule has 1 aromatic heterocycles. The van der Waals surface area contributed by atoms with E-state index in [1.165, 1.54) is 34.9 Å². The molecule has 5 rings (SSSR count). The molecule has 0 saturated carbocycles. The number of aliphatic hydroxyl groups is 1. The Morgan fingerprint density at radius 2 is 1.84 bits per heavy atom. The van der Waals surface area contributed by atoms with Gasteiger partial charge in [0.15, 0.2) is 0 Å². The second-order valence-electron chi connectivity index (χ2n) is 9.42. The number of hydrogen-bond donors (Lipinski definition) is 3. The number of fused-ring (bicyclic) bond motifs is 2. The fourth-order valence-electron chi connectivity index (χ4n) is 5.01. The fourth-order valence-corrected chi connectivity index (χ4v) is 5.21. The van der Waals surface area contributed by atoms with Gasteiger partial charge in [0.1, 0.15) is 5.75 Å². The Morgan fingerprint density at radius 3 is 2.55 bits per heavy atom. The number of aryl methyl sites for hydroxylation is 2. The van der Waals surface area contributed by atoms with E-state index in [2.05, 4.69) is 23.5 Å². The van der Waals surface area contributed by atoms with E-state index in [9.17, 15) is 9.90 Å². The van der Waals surface area contributed by atoms with Gasteiger partial charge in [-0.25, -0.2) is 4.79 Å². The number of amides is 1. The number of nitrogens with zero attached hydrogens (tertiary/aromatic N) is 2. The number of ether oxygens (including phenoxy) is 1. The lowest BCUT2D eigenvalue weighted by molar-refractivity contribution is 0.120. The van der Waals surface area contributed by atoms with Gasteiger partial charge in [0.05, 0.1) is 18.9 Å². The number of aromatic hydroxyl groups is 1. The molecule has 2 heterocycles. The third-order valence-corrected chi connectivity index (χ3v) is 7.17. The number of carbonyl (C=O) groups is 1. The van der Waals surface area contributed by atoms with E-state index in [0.717, 1.165) is 42.0 Å². The van der Waals surface area contributed by atoms with E-state index in [1.54, 1.807) is 36.2 Å². The lowest BCUT2D eigenvalue weighted by Crippen LogP contribution is -2.36. The number of halogens is 1. The number of methoxy groups -OCH3 is 1. The quantitative estimate of drug-likeness (QED) is 0.430. The summed E-state index contributed by atoms with van der Waals surface area (Å²) in [5.41, 5.74) is 8.17. The van der Waals surface area contributed by atoms with Crippen molar-refractivity contribution in [2.24, 2.45) is 0 Å². The van der Waals surface area contributed by atoms with E-state index in [4.69, 9.17) is 26.4 Å². The van der Waals surface area contributed by atoms with Crippen LogP contribution in [0.2, 0.25) is 5.02 Å². The van der Waals surface area contributed by atoms with Crippen LogP contribution in [0.4, 0.5) is 4.79 Å². The number of phenolic OH excluding ortho intramolecular Hbond substituents is 1. The maximum atomic E-state index is 11.8. The smallest absolute Gasteiger partial charge is 0.409 e.